The summed E-state index contributed by atoms with van der Waals surface area (Å²) in [5.41, 5.74) is 1.08. The molecule has 4 heteroatoms. The number of hydrogen-bond donors (Lipinski definition) is 2. The molecule has 2 N–H and O–H groups in total. The fraction of sp³-hybridized carbons (Fsp3) is 0.533. The Morgan fingerprint density at radius 1 is 1.26 bits per heavy atom. The third kappa shape index (κ3) is 4.24. The van der Waals surface area contributed by atoms with Crippen molar-refractivity contribution < 1.29 is 9.53 Å². The summed E-state index contributed by atoms with van der Waals surface area (Å²) < 4.78 is 5.50. The Bertz CT molecular complexity index is 394. The molecular formula is C15H22N2O2. The van der Waals surface area contributed by atoms with Gasteiger partial charge in [-0.25, -0.2) is 4.79 Å². The van der Waals surface area contributed by atoms with Crippen LogP contribution in [0.2, 0.25) is 0 Å². The zero-order valence-corrected chi connectivity index (χ0v) is 11.4. The van der Waals surface area contributed by atoms with E-state index in [1.54, 1.807) is 0 Å². The largest absolute Gasteiger partial charge is 0.445 e. The minimum atomic E-state index is -0.323. The molecule has 0 radical (unpaired) electrons. The highest BCUT2D eigenvalue weighted by Gasteiger charge is 2.26. The van der Waals surface area contributed by atoms with Crippen molar-refractivity contribution in [2.75, 3.05) is 7.05 Å². The van der Waals surface area contributed by atoms with Crippen LogP contribution in [0, 0.1) is 0 Å². The maximum atomic E-state index is 11.8. The summed E-state index contributed by atoms with van der Waals surface area (Å²) in [6.07, 6.45) is 4.04. The van der Waals surface area contributed by atoms with Crippen molar-refractivity contribution in [1.82, 2.24) is 10.6 Å². The summed E-state index contributed by atoms with van der Waals surface area (Å²) in [5, 5.41) is 6.03. The molecule has 1 amide bonds. The molecule has 1 aromatic carbocycles. The zero-order chi connectivity index (χ0) is 13.5. The van der Waals surface area contributed by atoms with Crippen LogP contribution in [0.15, 0.2) is 30.3 Å². The Labute approximate surface area is 114 Å². The van der Waals surface area contributed by atoms with Crippen molar-refractivity contribution in [1.29, 1.82) is 0 Å². The van der Waals surface area contributed by atoms with Crippen molar-refractivity contribution >= 4 is 6.09 Å². The summed E-state index contributed by atoms with van der Waals surface area (Å²) >= 11 is 0. The van der Waals surface area contributed by atoms with E-state index in [0.29, 0.717) is 6.54 Å². The molecule has 0 heterocycles. The van der Waals surface area contributed by atoms with E-state index >= 15 is 0 Å². The van der Waals surface area contributed by atoms with Gasteiger partial charge < -0.3 is 15.4 Å². The summed E-state index contributed by atoms with van der Waals surface area (Å²) in [6.45, 7) is 0.511. The van der Waals surface area contributed by atoms with Gasteiger partial charge in [-0.05, 0) is 31.9 Å². The predicted molar refractivity (Wildman–Crippen MR) is 74.9 cm³/mol. The van der Waals surface area contributed by atoms with Gasteiger partial charge >= 0.3 is 6.09 Å². The van der Waals surface area contributed by atoms with Crippen LogP contribution < -0.4 is 10.6 Å². The number of amides is 1. The van der Waals surface area contributed by atoms with E-state index in [0.717, 1.165) is 24.8 Å². The Balaban J connectivity index is 1.77. The lowest BCUT2D eigenvalue weighted by molar-refractivity contribution is 0.0543. The predicted octanol–water partition coefficient (Wildman–Crippen LogP) is 2.44. The first-order valence-electron chi connectivity index (χ1n) is 6.95. The Hall–Kier alpha value is -1.55. The first kappa shape index (κ1) is 13.9. The molecule has 1 aromatic rings. The number of alkyl carbamates (subject to hydrolysis) is 1. The number of ether oxygens (including phenoxy) is 1. The van der Waals surface area contributed by atoms with Crippen molar-refractivity contribution in [3.63, 3.8) is 0 Å². The number of benzene rings is 1. The third-order valence-electron chi connectivity index (χ3n) is 3.61. The monoisotopic (exact) mass is 262 g/mol. The van der Waals surface area contributed by atoms with Crippen LogP contribution in [-0.4, -0.2) is 25.3 Å². The first-order chi connectivity index (χ1) is 9.29. The van der Waals surface area contributed by atoms with E-state index in [-0.39, 0.29) is 18.2 Å². The SMILES string of the molecule is CNC1CCCCC1OC(=O)NCc1ccccc1. The number of carbonyl (C=O) groups is 1. The molecule has 0 spiro atoms. The van der Waals surface area contributed by atoms with Crippen molar-refractivity contribution in [2.24, 2.45) is 0 Å². The zero-order valence-electron chi connectivity index (χ0n) is 11.4. The highest BCUT2D eigenvalue weighted by Crippen LogP contribution is 2.21. The second kappa shape index (κ2) is 7.14. The van der Waals surface area contributed by atoms with Gasteiger partial charge in [-0.1, -0.05) is 36.8 Å². The minimum Gasteiger partial charge on any atom is -0.445 e. The van der Waals surface area contributed by atoms with Crippen LogP contribution in [0.5, 0.6) is 0 Å². The van der Waals surface area contributed by atoms with Gasteiger partial charge in [0.1, 0.15) is 6.10 Å². The minimum absolute atomic E-state index is 0.00507. The van der Waals surface area contributed by atoms with Gasteiger partial charge in [-0.3, -0.25) is 0 Å². The van der Waals surface area contributed by atoms with Gasteiger partial charge in [0.15, 0.2) is 0 Å². The number of likely N-dealkylation sites (N-methyl/N-ethyl adjacent to an activating group) is 1. The fourth-order valence-corrected chi connectivity index (χ4v) is 2.52. The smallest absolute Gasteiger partial charge is 0.407 e. The third-order valence-corrected chi connectivity index (χ3v) is 3.61. The van der Waals surface area contributed by atoms with Crippen molar-refractivity contribution in [3.8, 4) is 0 Å². The maximum Gasteiger partial charge on any atom is 0.407 e. The van der Waals surface area contributed by atoms with Gasteiger partial charge in [0.2, 0.25) is 0 Å². The second-order valence-electron chi connectivity index (χ2n) is 4.96. The lowest BCUT2D eigenvalue weighted by Gasteiger charge is -2.30. The Kier molecular flexibility index (Phi) is 5.21. The van der Waals surface area contributed by atoms with Gasteiger partial charge in [0.25, 0.3) is 0 Å². The molecule has 1 fully saturated rings. The normalized spacial score (nSPS) is 22.8. The topological polar surface area (TPSA) is 50.4 Å². The number of nitrogens with one attached hydrogen (secondary N) is 2. The molecule has 19 heavy (non-hydrogen) atoms. The molecule has 2 unspecified atom stereocenters. The maximum absolute atomic E-state index is 11.8. The molecule has 4 nitrogen and oxygen atoms in total. The standard InChI is InChI=1S/C15H22N2O2/c1-16-13-9-5-6-10-14(13)19-15(18)17-11-12-7-3-2-4-8-12/h2-4,7-8,13-14,16H,5-6,9-11H2,1H3,(H,17,18). The van der Waals surface area contributed by atoms with Crippen molar-refractivity contribution in [3.05, 3.63) is 35.9 Å². The number of rotatable bonds is 4. The van der Waals surface area contributed by atoms with Gasteiger partial charge in [0, 0.05) is 12.6 Å². The molecule has 104 valence electrons. The molecule has 0 saturated heterocycles. The van der Waals surface area contributed by atoms with Crippen LogP contribution in [-0.2, 0) is 11.3 Å². The Morgan fingerprint density at radius 3 is 2.74 bits per heavy atom. The summed E-state index contributed by atoms with van der Waals surface area (Å²) in [6, 6.07) is 10.1. The molecular weight excluding hydrogens is 240 g/mol. The Morgan fingerprint density at radius 2 is 2.00 bits per heavy atom. The lowest BCUT2D eigenvalue weighted by Crippen LogP contribution is -2.44. The van der Waals surface area contributed by atoms with Crippen LogP contribution >= 0.6 is 0 Å². The molecule has 0 bridgehead atoms. The molecule has 0 aliphatic heterocycles. The van der Waals surface area contributed by atoms with Crippen LogP contribution in [0.1, 0.15) is 31.2 Å². The second-order valence-corrected chi connectivity index (χ2v) is 4.96. The molecule has 2 rings (SSSR count). The highest BCUT2D eigenvalue weighted by molar-refractivity contribution is 5.67. The molecule has 0 aromatic heterocycles. The quantitative estimate of drug-likeness (QED) is 0.876. The van der Waals surface area contributed by atoms with E-state index in [1.165, 1.54) is 6.42 Å². The summed E-state index contributed by atoms with van der Waals surface area (Å²) in [7, 11) is 1.92. The number of carbonyl (C=O) groups excluding carboxylic acids is 1. The van der Waals surface area contributed by atoms with Crippen molar-refractivity contribution in [2.45, 2.75) is 44.4 Å². The van der Waals surface area contributed by atoms with Crippen LogP contribution in [0.25, 0.3) is 0 Å². The summed E-state index contributed by atoms with van der Waals surface area (Å²) in [4.78, 5) is 11.8. The van der Waals surface area contributed by atoms with Gasteiger partial charge in [-0.15, -0.1) is 0 Å². The van der Waals surface area contributed by atoms with E-state index in [9.17, 15) is 4.79 Å². The van der Waals surface area contributed by atoms with E-state index < -0.39 is 0 Å². The van der Waals surface area contributed by atoms with Crippen LogP contribution in [0.4, 0.5) is 4.79 Å². The molecule has 1 aliphatic carbocycles. The highest BCUT2D eigenvalue weighted by atomic mass is 16.6. The number of hydrogen-bond acceptors (Lipinski definition) is 3. The molecule has 2 atom stereocenters. The molecule has 1 aliphatic rings. The average molecular weight is 262 g/mol. The first-order valence-corrected chi connectivity index (χ1v) is 6.95. The van der Waals surface area contributed by atoms with Gasteiger partial charge in [-0.2, -0.15) is 0 Å². The van der Waals surface area contributed by atoms with E-state index in [4.69, 9.17) is 4.74 Å². The summed E-state index contributed by atoms with van der Waals surface area (Å²) in [5.74, 6) is 0. The van der Waals surface area contributed by atoms with Crippen LogP contribution in [0.3, 0.4) is 0 Å². The van der Waals surface area contributed by atoms with Gasteiger partial charge in [0.05, 0.1) is 0 Å². The molecule has 1 saturated carbocycles. The van der Waals surface area contributed by atoms with E-state index in [2.05, 4.69) is 10.6 Å². The fourth-order valence-electron chi connectivity index (χ4n) is 2.52. The average Bonchev–Trinajstić information content (AvgIpc) is 2.47. The van der Waals surface area contributed by atoms with E-state index in [1.807, 2.05) is 37.4 Å². The lowest BCUT2D eigenvalue weighted by atomic mass is 9.92.